The average molecular weight is 297 g/mol. The number of hydrogen-bond donors (Lipinski definition) is 1. The van der Waals surface area contributed by atoms with Crippen molar-refractivity contribution < 1.29 is 18.0 Å². The zero-order valence-electron chi connectivity index (χ0n) is 10.6. The smallest absolute Gasteiger partial charge is 0.267 e. The molecule has 0 bridgehead atoms. The highest BCUT2D eigenvalue weighted by molar-refractivity contribution is 5.94. The molecule has 21 heavy (non-hydrogen) atoms. The van der Waals surface area contributed by atoms with Crippen LogP contribution in [0.3, 0.4) is 0 Å². The van der Waals surface area contributed by atoms with E-state index in [1.165, 1.54) is 36.8 Å². The molecule has 0 spiro atoms. The molecule has 2 rings (SSSR count). The quantitative estimate of drug-likeness (QED) is 0.688. The van der Waals surface area contributed by atoms with Crippen molar-refractivity contribution in [3.05, 3.63) is 48.0 Å². The minimum Gasteiger partial charge on any atom is -0.267 e. The van der Waals surface area contributed by atoms with Crippen LogP contribution in [0.15, 0.2) is 41.9 Å². The Labute approximate surface area is 117 Å². The second-order valence-corrected chi connectivity index (χ2v) is 3.99. The number of nitrogens with one attached hydrogen (secondary N) is 1. The first kappa shape index (κ1) is 14.7. The summed E-state index contributed by atoms with van der Waals surface area (Å²) in [5, 5.41) is 7.28. The molecule has 0 atom stereocenters. The lowest BCUT2D eigenvalue weighted by Gasteiger charge is -2.04. The summed E-state index contributed by atoms with van der Waals surface area (Å²) >= 11 is 0. The summed E-state index contributed by atoms with van der Waals surface area (Å²) in [5.74, 6) is -0.455. The maximum absolute atomic E-state index is 12.1. The van der Waals surface area contributed by atoms with E-state index in [1.807, 2.05) is 0 Å². The van der Waals surface area contributed by atoms with Crippen LogP contribution < -0.4 is 5.43 Å². The fourth-order valence-corrected chi connectivity index (χ4v) is 1.44. The molecular weight excluding hydrogens is 287 g/mol. The summed E-state index contributed by atoms with van der Waals surface area (Å²) in [6.07, 6.45) is 0.913. The Balaban J connectivity index is 1.92. The number of nitrogens with zero attached hydrogens (tertiary/aromatic N) is 4. The maximum atomic E-state index is 12.1. The Morgan fingerprint density at radius 1 is 1.33 bits per heavy atom. The first-order chi connectivity index (χ1) is 9.94. The van der Waals surface area contributed by atoms with Crippen molar-refractivity contribution in [2.75, 3.05) is 0 Å². The summed E-state index contributed by atoms with van der Waals surface area (Å²) < 4.78 is 37.2. The molecule has 0 fully saturated rings. The Bertz CT molecular complexity index is 636. The highest BCUT2D eigenvalue weighted by Gasteiger charge is 2.28. The number of hydrogen-bond acceptors (Lipinski definition) is 4. The zero-order valence-corrected chi connectivity index (χ0v) is 10.6. The fourth-order valence-electron chi connectivity index (χ4n) is 1.44. The van der Waals surface area contributed by atoms with Crippen LogP contribution in [-0.4, -0.2) is 33.1 Å². The van der Waals surface area contributed by atoms with Crippen LogP contribution >= 0.6 is 0 Å². The van der Waals surface area contributed by atoms with Gasteiger partial charge >= 0.3 is 6.18 Å². The highest BCUT2D eigenvalue weighted by atomic mass is 19.4. The van der Waals surface area contributed by atoms with Gasteiger partial charge in [0.25, 0.3) is 5.91 Å². The van der Waals surface area contributed by atoms with Gasteiger partial charge in [-0.25, -0.2) is 5.43 Å². The molecule has 2 heterocycles. The van der Waals surface area contributed by atoms with Crippen LogP contribution in [0.5, 0.6) is 0 Å². The second-order valence-electron chi connectivity index (χ2n) is 3.99. The van der Waals surface area contributed by atoms with Crippen molar-refractivity contribution in [3.8, 4) is 0 Å². The number of rotatable bonds is 4. The van der Waals surface area contributed by atoms with Gasteiger partial charge in [0, 0.05) is 24.2 Å². The van der Waals surface area contributed by atoms with Crippen LogP contribution in [0.4, 0.5) is 13.2 Å². The van der Waals surface area contributed by atoms with E-state index in [0.717, 1.165) is 10.9 Å². The molecule has 0 saturated carbocycles. The molecule has 2 aromatic heterocycles. The molecule has 0 aliphatic rings. The molecule has 110 valence electrons. The number of halogens is 3. The SMILES string of the molecule is O=C(N/N=C\c1ccn(CC(F)(F)F)n1)c1ccncc1. The molecular formula is C12H10F3N5O. The molecule has 1 N–H and O–H groups in total. The molecule has 0 radical (unpaired) electrons. The van der Waals surface area contributed by atoms with E-state index in [-0.39, 0.29) is 5.69 Å². The van der Waals surface area contributed by atoms with Crippen LogP contribution in [-0.2, 0) is 6.54 Å². The lowest BCUT2D eigenvalue weighted by molar-refractivity contribution is -0.142. The maximum Gasteiger partial charge on any atom is 0.408 e. The summed E-state index contributed by atoms with van der Waals surface area (Å²) in [7, 11) is 0. The largest absolute Gasteiger partial charge is 0.408 e. The van der Waals surface area contributed by atoms with E-state index in [1.54, 1.807) is 0 Å². The molecule has 6 nitrogen and oxygen atoms in total. The van der Waals surface area contributed by atoms with Crippen molar-refractivity contribution in [1.82, 2.24) is 20.2 Å². The standard InChI is InChI=1S/C12H10F3N5O/c13-12(14,15)8-20-6-3-10(19-20)7-17-18-11(21)9-1-4-16-5-2-9/h1-7H,8H2,(H,18,21)/b17-7-. The number of amides is 1. The van der Waals surface area contributed by atoms with E-state index in [4.69, 9.17) is 0 Å². The molecule has 0 aromatic carbocycles. The predicted octanol–water partition coefficient (Wildman–Crippen LogP) is 1.60. The third-order valence-electron chi connectivity index (χ3n) is 2.31. The van der Waals surface area contributed by atoms with Gasteiger partial charge in [0.2, 0.25) is 0 Å². The van der Waals surface area contributed by atoms with Crippen LogP contribution in [0, 0.1) is 0 Å². The van der Waals surface area contributed by atoms with Crippen LogP contribution in [0.2, 0.25) is 0 Å². The van der Waals surface area contributed by atoms with Crippen LogP contribution in [0.25, 0.3) is 0 Å². The van der Waals surface area contributed by atoms with Gasteiger partial charge in [-0.1, -0.05) is 0 Å². The average Bonchev–Trinajstić information content (AvgIpc) is 2.85. The van der Waals surface area contributed by atoms with Crippen molar-refractivity contribution in [2.24, 2.45) is 5.10 Å². The summed E-state index contributed by atoms with van der Waals surface area (Å²) in [5.41, 5.74) is 2.80. The number of hydrazone groups is 1. The molecule has 0 aliphatic heterocycles. The normalized spacial score (nSPS) is 11.8. The fraction of sp³-hybridized carbons (Fsp3) is 0.167. The minimum atomic E-state index is -4.34. The first-order valence-electron chi connectivity index (χ1n) is 5.78. The number of alkyl halides is 3. The molecule has 0 unspecified atom stereocenters. The summed E-state index contributed by atoms with van der Waals surface area (Å²) in [6.45, 7) is -1.18. The van der Waals surface area contributed by atoms with E-state index in [0.29, 0.717) is 5.56 Å². The number of carbonyl (C=O) groups is 1. The summed E-state index contributed by atoms with van der Waals surface area (Å²) in [6, 6.07) is 4.36. The highest BCUT2D eigenvalue weighted by Crippen LogP contribution is 2.16. The van der Waals surface area contributed by atoms with Crippen molar-refractivity contribution in [3.63, 3.8) is 0 Å². The lowest BCUT2D eigenvalue weighted by Crippen LogP contribution is -2.18. The molecule has 0 saturated heterocycles. The van der Waals surface area contributed by atoms with Gasteiger partial charge in [-0.3, -0.25) is 14.5 Å². The van der Waals surface area contributed by atoms with Gasteiger partial charge in [0.1, 0.15) is 12.2 Å². The van der Waals surface area contributed by atoms with Gasteiger partial charge in [-0.05, 0) is 18.2 Å². The molecule has 2 aromatic rings. The van der Waals surface area contributed by atoms with Gasteiger partial charge in [0.05, 0.1) is 6.21 Å². The van der Waals surface area contributed by atoms with E-state index in [2.05, 4.69) is 20.6 Å². The Morgan fingerprint density at radius 3 is 2.71 bits per heavy atom. The van der Waals surface area contributed by atoms with Crippen molar-refractivity contribution >= 4 is 12.1 Å². The zero-order chi connectivity index (χ0) is 15.3. The lowest BCUT2D eigenvalue weighted by atomic mass is 10.3. The predicted molar refractivity (Wildman–Crippen MR) is 67.6 cm³/mol. The molecule has 9 heteroatoms. The monoisotopic (exact) mass is 297 g/mol. The first-order valence-corrected chi connectivity index (χ1v) is 5.78. The third-order valence-corrected chi connectivity index (χ3v) is 2.31. The molecule has 1 amide bonds. The minimum absolute atomic E-state index is 0.203. The molecule has 0 aliphatic carbocycles. The summed E-state index contributed by atoms with van der Waals surface area (Å²) in [4.78, 5) is 15.4. The number of carbonyl (C=O) groups excluding carboxylic acids is 1. The van der Waals surface area contributed by atoms with Gasteiger partial charge in [0.15, 0.2) is 0 Å². The second kappa shape index (κ2) is 6.16. The number of pyridine rings is 1. The van der Waals surface area contributed by atoms with Gasteiger partial charge < -0.3 is 0 Å². The number of aromatic nitrogens is 3. The van der Waals surface area contributed by atoms with Crippen molar-refractivity contribution in [1.29, 1.82) is 0 Å². The Kier molecular flexibility index (Phi) is 4.31. The Morgan fingerprint density at radius 2 is 2.05 bits per heavy atom. The van der Waals surface area contributed by atoms with E-state index < -0.39 is 18.6 Å². The third kappa shape index (κ3) is 4.71. The topological polar surface area (TPSA) is 72.2 Å². The Hall–Kier alpha value is -2.71. The van der Waals surface area contributed by atoms with Crippen molar-refractivity contribution in [2.45, 2.75) is 12.7 Å². The van der Waals surface area contributed by atoms with E-state index in [9.17, 15) is 18.0 Å². The van der Waals surface area contributed by atoms with E-state index >= 15 is 0 Å². The van der Waals surface area contributed by atoms with Gasteiger partial charge in [-0.2, -0.15) is 23.4 Å². The van der Waals surface area contributed by atoms with Gasteiger partial charge in [-0.15, -0.1) is 0 Å². The van der Waals surface area contributed by atoms with Crippen LogP contribution in [0.1, 0.15) is 16.1 Å².